The van der Waals surface area contributed by atoms with Crippen molar-refractivity contribution < 1.29 is 9.13 Å². The first-order chi connectivity index (χ1) is 8.34. The van der Waals surface area contributed by atoms with E-state index in [2.05, 4.69) is 10.2 Å². The molecule has 0 radical (unpaired) electrons. The molecule has 1 aromatic rings. The molecular weight excluding hydrogens is 219 g/mol. The zero-order chi connectivity index (χ0) is 11.9. The van der Waals surface area contributed by atoms with Crippen molar-refractivity contribution in [2.24, 2.45) is 0 Å². The number of morpholine rings is 1. The first kappa shape index (κ1) is 12.5. The SMILES string of the molecule is Fc1cccc(CNCCN2CCOCC2)c1. The van der Waals surface area contributed by atoms with Gasteiger partial charge in [-0.25, -0.2) is 4.39 Å². The molecule has 0 aromatic heterocycles. The summed E-state index contributed by atoms with van der Waals surface area (Å²) in [7, 11) is 0. The standard InChI is InChI=1S/C13H19FN2O/c14-13-3-1-2-12(10-13)11-15-4-5-16-6-8-17-9-7-16/h1-3,10,15H,4-9,11H2. The van der Waals surface area contributed by atoms with Gasteiger partial charge < -0.3 is 10.1 Å². The van der Waals surface area contributed by atoms with Crippen molar-refractivity contribution in [2.75, 3.05) is 39.4 Å². The monoisotopic (exact) mass is 238 g/mol. The number of ether oxygens (including phenoxy) is 1. The highest BCUT2D eigenvalue weighted by atomic mass is 19.1. The van der Waals surface area contributed by atoms with Gasteiger partial charge in [-0.05, 0) is 17.7 Å². The van der Waals surface area contributed by atoms with Gasteiger partial charge in [-0.2, -0.15) is 0 Å². The lowest BCUT2D eigenvalue weighted by Gasteiger charge is -2.26. The lowest BCUT2D eigenvalue weighted by molar-refractivity contribution is 0.0384. The maximum atomic E-state index is 12.9. The van der Waals surface area contributed by atoms with Crippen LogP contribution in [0, 0.1) is 5.82 Å². The lowest BCUT2D eigenvalue weighted by atomic mass is 10.2. The predicted octanol–water partition coefficient (Wildman–Crippen LogP) is 1.25. The van der Waals surface area contributed by atoms with Gasteiger partial charge in [0.1, 0.15) is 5.82 Å². The fourth-order valence-corrected chi connectivity index (χ4v) is 1.94. The smallest absolute Gasteiger partial charge is 0.123 e. The van der Waals surface area contributed by atoms with E-state index >= 15 is 0 Å². The predicted molar refractivity (Wildman–Crippen MR) is 65.4 cm³/mol. The summed E-state index contributed by atoms with van der Waals surface area (Å²) >= 11 is 0. The average molecular weight is 238 g/mol. The maximum Gasteiger partial charge on any atom is 0.123 e. The van der Waals surface area contributed by atoms with Gasteiger partial charge in [-0.1, -0.05) is 12.1 Å². The van der Waals surface area contributed by atoms with Gasteiger partial charge in [0.15, 0.2) is 0 Å². The largest absolute Gasteiger partial charge is 0.379 e. The third-order valence-corrected chi connectivity index (χ3v) is 2.93. The number of benzene rings is 1. The number of hydrogen-bond acceptors (Lipinski definition) is 3. The van der Waals surface area contributed by atoms with Crippen LogP contribution in [0.15, 0.2) is 24.3 Å². The molecule has 4 heteroatoms. The van der Waals surface area contributed by atoms with Crippen LogP contribution in [0.25, 0.3) is 0 Å². The molecular formula is C13H19FN2O. The summed E-state index contributed by atoms with van der Waals surface area (Å²) in [5.41, 5.74) is 0.993. The minimum atomic E-state index is -0.169. The van der Waals surface area contributed by atoms with Gasteiger partial charge in [0, 0.05) is 32.7 Å². The van der Waals surface area contributed by atoms with Crippen molar-refractivity contribution in [3.63, 3.8) is 0 Å². The Hall–Kier alpha value is -0.970. The Kier molecular flexibility index (Phi) is 4.91. The van der Waals surface area contributed by atoms with Crippen LogP contribution in [0.5, 0.6) is 0 Å². The average Bonchev–Trinajstić information content (AvgIpc) is 2.36. The van der Waals surface area contributed by atoms with Crippen molar-refractivity contribution in [1.82, 2.24) is 10.2 Å². The van der Waals surface area contributed by atoms with Gasteiger partial charge in [-0.15, -0.1) is 0 Å². The molecule has 0 amide bonds. The van der Waals surface area contributed by atoms with E-state index in [1.54, 1.807) is 12.1 Å². The van der Waals surface area contributed by atoms with E-state index in [1.165, 1.54) is 6.07 Å². The summed E-state index contributed by atoms with van der Waals surface area (Å²) in [4.78, 5) is 2.38. The van der Waals surface area contributed by atoms with E-state index in [9.17, 15) is 4.39 Å². The van der Waals surface area contributed by atoms with Crippen LogP contribution in [0.2, 0.25) is 0 Å². The third-order valence-electron chi connectivity index (χ3n) is 2.93. The summed E-state index contributed by atoms with van der Waals surface area (Å²) < 4.78 is 18.2. The molecule has 0 unspecified atom stereocenters. The van der Waals surface area contributed by atoms with Crippen LogP contribution in [-0.2, 0) is 11.3 Å². The lowest BCUT2D eigenvalue weighted by Crippen LogP contribution is -2.40. The second-order valence-electron chi connectivity index (χ2n) is 4.26. The molecule has 0 aliphatic carbocycles. The zero-order valence-electron chi connectivity index (χ0n) is 9.99. The summed E-state index contributed by atoms with van der Waals surface area (Å²) in [6.45, 7) is 6.38. The van der Waals surface area contributed by atoms with Crippen LogP contribution in [0.1, 0.15) is 5.56 Å². The van der Waals surface area contributed by atoms with E-state index in [0.717, 1.165) is 51.5 Å². The second kappa shape index (κ2) is 6.69. The summed E-state index contributed by atoms with van der Waals surface area (Å²) in [6.07, 6.45) is 0. The van der Waals surface area contributed by atoms with Crippen molar-refractivity contribution in [1.29, 1.82) is 0 Å². The number of rotatable bonds is 5. The Bertz CT molecular complexity index is 340. The molecule has 1 fully saturated rings. The van der Waals surface area contributed by atoms with E-state index in [0.29, 0.717) is 0 Å². The quantitative estimate of drug-likeness (QED) is 0.781. The summed E-state index contributed by atoms with van der Waals surface area (Å²) in [6, 6.07) is 6.72. The van der Waals surface area contributed by atoms with Crippen molar-refractivity contribution in [2.45, 2.75) is 6.54 Å². The summed E-state index contributed by atoms with van der Waals surface area (Å²) in [5.74, 6) is -0.169. The van der Waals surface area contributed by atoms with Gasteiger partial charge in [0.25, 0.3) is 0 Å². The van der Waals surface area contributed by atoms with Gasteiger partial charge in [-0.3, -0.25) is 4.90 Å². The summed E-state index contributed by atoms with van der Waals surface area (Å²) in [5, 5.41) is 3.33. The number of hydrogen-bond donors (Lipinski definition) is 1. The van der Waals surface area contributed by atoms with E-state index < -0.39 is 0 Å². The molecule has 1 aliphatic heterocycles. The van der Waals surface area contributed by atoms with Crippen LogP contribution in [0.4, 0.5) is 4.39 Å². The zero-order valence-corrected chi connectivity index (χ0v) is 9.99. The molecule has 1 heterocycles. The first-order valence-electron chi connectivity index (χ1n) is 6.10. The van der Waals surface area contributed by atoms with Crippen molar-refractivity contribution in [3.8, 4) is 0 Å². The molecule has 94 valence electrons. The Balaban J connectivity index is 1.62. The molecule has 0 saturated carbocycles. The molecule has 1 aromatic carbocycles. The number of halogens is 1. The second-order valence-corrected chi connectivity index (χ2v) is 4.26. The van der Waals surface area contributed by atoms with E-state index in [1.807, 2.05) is 6.07 Å². The van der Waals surface area contributed by atoms with Crippen molar-refractivity contribution >= 4 is 0 Å². The van der Waals surface area contributed by atoms with Crippen molar-refractivity contribution in [3.05, 3.63) is 35.6 Å². The minimum Gasteiger partial charge on any atom is -0.379 e. The van der Waals surface area contributed by atoms with Crippen LogP contribution in [0.3, 0.4) is 0 Å². The van der Waals surface area contributed by atoms with Crippen LogP contribution in [-0.4, -0.2) is 44.3 Å². The normalized spacial score (nSPS) is 17.2. The molecule has 1 saturated heterocycles. The van der Waals surface area contributed by atoms with E-state index in [-0.39, 0.29) is 5.82 Å². The number of nitrogens with zero attached hydrogens (tertiary/aromatic N) is 1. The van der Waals surface area contributed by atoms with Crippen LogP contribution < -0.4 is 5.32 Å². The Morgan fingerprint density at radius 3 is 2.88 bits per heavy atom. The number of nitrogens with one attached hydrogen (secondary N) is 1. The fourth-order valence-electron chi connectivity index (χ4n) is 1.94. The molecule has 0 atom stereocenters. The van der Waals surface area contributed by atoms with Crippen LogP contribution >= 0.6 is 0 Å². The van der Waals surface area contributed by atoms with Gasteiger partial charge in [0.2, 0.25) is 0 Å². The molecule has 0 spiro atoms. The minimum absolute atomic E-state index is 0.169. The Morgan fingerprint density at radius 2 is 2.12 bits per heavy atom. The fraction of sp³-hybridized carbons (Fsp3) is 0.538. The van der Waals surface area contributed by atoms with Gasteiger partial charge >= 0.3 is 0 Å². The highest BCUT2D eigenvalue weighted by Crippen LogP contribution is 2.02. The topological polar surface area (TPSA) is 24.5 Å². The van der Waals surface area contributed by atoms with E-state index in [4.69, 9.17) is 4.74 Å². The first-order valence-corrected chi connectivity index (χ1v) is 6.10. The van der Waals surface area contributed by atoms with Gasteiger partial charge in [0.05, 0.1) is 13.2 Å². The highest BCUT2D eigenvalue weighted by Gasteiger charge is 2.08. The Labute approximate surface area is 102 Å². The molecule has 3 nitrogen and oxygen atoms in total. The molecule has 2 rings (SSSR count). The maximum absolute atomic E-state index is 12.9. The molecule has 1 N–H and O–H groups in total. The molecule has 17 heavy (non-hydrogen) atoms. The third kappa shape index (κ3) is 4.42. The molecule has 0 bridgehead atoms. The molecule has 1 aliphatic rings. The highest BCUT2D eigenvalue weighted by molar-refractivity contribution is 5.15. The Morgan fingerprint density at radius 1 is 1.29 bits per heavy atom.